The van der Waals surface area contributed by atoms with Gasteiger partial charge in [-0.1, -0.05) is 20.8 Å². The minimum atomic E-state index is 1.15. The van der Waals surface area contributed by atoms with E-state index in [0.29, 0.717) is 0 Å². The van der Waals surface area contributed by atoms with Crippen LogP contribution in [0.25, 0.3) is 0 Å². The fraction of sp³-hybridized carbons (Fsp3) is 0.500. The zero-order valence-corrected chi connectivity index (χ0v) is 9.05. The maximum absolute atomic E-state index is 3.39. The van der Waals surface area contributed by atoms with Gasteiger partial charge >= 0.3 is 0 Å². The molecule has 0 N–H and O–H groups in total. The van der Waals surface area contributed by atoms with Crippen molar-refractivity contribution < 1.29 is 0 Å². The Morgan fingerprint density at radius 3 is 2.20 bits per heavy atom. The molecule has 1 aromatic rings. The summed E-state index contributed by atoms with van der Waals surface area (Å²) in [6.45, 7) is 6.16. The maximum atomic E-state index is 3.39. The lowest BCUT2D eigenvalue weighted by Gasteiger charge is -1.79. The highest BCUT2D eigenvalue weighted by molar-refractivity contribution is 9.11. The second-order valence-corrected chi connectivity index (χ2v) is 4.11. The van der Waals surface area contributed by atoms with E-state index in [1.54, 1.807) is 11.3 Å². The zero-order valence-electron chi connectivity index (χ0n) is 6.65. The third-order valence-electron chi connectivity index (χ3n) is 0.977. The molecular weight excluding hydrogens is 208 g/mol. The van der Waals surface area contributed by atoms with Gasteiger partial charge in [-0.25, -0.2) is 0 Å². The van der Waals surface area contributed by atoms with E-state index in [0.717, 1.165) is 6.42 Å². The van der Waals surface area contributed by atoms with E-state index >= 15 is 0 Å². The number of halogens is 1. The smallest absolute Gasteiger partial charge is 0.0701 e. The van der Waals surface area contributed by atoms with Crippen LogP contribution in [0.5, 0.6) is 0 Å². The van der Waals surface area contributed by atoms with Crippen LogP contribution in [-0.2, 0) is 6.42 Å². The first-order valence-corrected chi connectivity index (χ1v) is 5.18. The highest BCUT2D eigenvalue weighted by Gasteiger charge is 1.91. The Morgan fingerprint density at radius 2 is 2.00 bits per heavy atom. The van der Waals surface area contributed by atoms with Gasteiger partial charge in [0.25, 0.3) is 0 Å². The molecule has 0 unspecified atom stereocenters. The fourth-order valence-electron chi connectivity index (χ4n) is 0.542. The number of hydrogen-bond donors (Lipinski definition) is 0. The molecule has 0 aliphatic rings. The molecule has 0 fully saturated rings. The Bertz CT molecular complexity index is 170. The average Bonchev–Trinajstić information content (AvgIpc) is 2.40. The van der Waals surface area contributed by atoms with Crippen LogP contribution in [0.3, 0.4) is 0 Å². The van der Waals surface area contributed by atoms with Crippen molar-refractivity contribution in [1.82, 2.24) is 0 Å². The first-order valence-electron chi connectivity index (χ1n) is 3.57. The minimum Gasteiger partial charge on any atom is -0.133 e. The molecule has 2 heteroatoms. The topological polar surface area (TPSA) is 0 Å². The summed E-state index contributed by atoms with van der Waals surface area (Å²) in [5, 5.41) is 0. The lowest BCUT2D eigenvalue weighted by Crippen LogP contribution is -1.63. The van der Waals surface area contributed by atoms with Gasteiger partial charge in [0.2, 0.25) is 0 Å². The molecule has 1 aromatic heterocycles. The molecule has 0 saturated carbocycles. The van der Waals surface area contributed by atoms with E-state index in [-0.39, 0.29) is 0 Å². The van der Waals surface area contributed by atoms with Crippen LogP contribution in [0.15, 0.2) is 15.9 Å². The van der Waals surface area contributed by atoms with Gasteiger partial charge in [-0.15, -0.1) is 11.3 Å². The van der Waals surface area contributed by atoms with Crippen LogP contribution in [0.4, 0.5) is 0 Å². The largest absolute Gasteiger partial charge is 0.133 e. The average molecular weight is 221 g/mol. The van der Waals surface area contributed by atoms with Crippen molar-refractivity contribution >= 4 is 27.3 Å². The van der Waals surface area contributed by atoms with Crippen LogP contribution in [0.2, 0.25) is 0 Å². The van der Waals surface area contributed by atoms with Gasteiger partial charge in [0.05, 0.1) is 3.79 Å². The molecule has 0 spiro atoms. The molecule has 0 saturated heterocycles. The Hall–Kier alpha value is 0.180. The third kappa shape index (κ3) is 3.37. The molecule has 0 radical (unpaired) electrons. The number of thiophene rings is 1. The molecule has 0 aromatic carbocycles. The van der Waals surface area contributed by atoms with Crippen LogP contribution in [0.1, 0.15) is 25.6 Å². The summed E-state index contributed by atoms with van der Waals surface area (Å²) in [5.74, 6) is 0. The Balaban J connectivity index is 0.000000371. The second-order valence-electron chi connectivity index (χ2n) is 1.56. The van der Waals surface area contributed by atoms with Gasteiger partial charge in [-0.2, -0.15) is 0 Å². The third-order valence-corrected chi connectivity index (χ3v) is 2.75. The molecule has 0 amide bonds. The van der Waals surface area contributed by atoms with Gasteiger partial charge in [0.15, 0.2) is 0 Å². The first kappa shape index (κ1) is 10.2. The normalized spacial score (nSPS) is 8.40. The van der Waals surface area contributed by atoms with Crippen molar-refractivity contribution in [3.8, 4) is 0 Å². The molecule has 10 heavy (non-hydrogen) atoms. The molecule has 0 atom stereocenters. The van der Waals surface area contributed by atoms with Crippen molar-refractivity contribution in [2.45, 2.75) is 27.2 Å². The van der Waals surface area contributed by atoms with Crippen LogP contribution < -0.4 is 0 Å². The summed E-state index contributed by atoms with van der Waals surface area (Å²) < 4.78 is 1.23. The highest BCUT2D eigenvalue weighted by Crippen LogP contribution is 2.21. The first-order chi connectivity index (χ1) is 4.83. The molecule has 0 aliphatic heterocycles. The summed E-state index contributed by atoms with van der Waals surface area (Å²) in [7, 11) is 0. The monoisotopic (exact) mass is 220 g/mol. The predicted octanol–water partition coefficient (Wildman–Crippen LogP) is 4.10. The molecular formula is C8H13BrS. The van der Waals surface area contributed by atoms with Crippen LogP contribution >= 0.6 is 27.3 Å². The van der Waals surface area contributed by atoms with Gasteiger partial charge in [0.1, 0.15) is 0 Å². The van der Waals surface area contributed by atoms with Crippen molar-refractivity contribution in [3.05, 3.63) is 20.8 Å². The van der Waals surface area contributed by atoms with Crippen molar-refractivity contribution in [1.29, 1.82) is 0 Å². The number of hydrogen-bond acceptors (Lipinski definition) is 1. The Labute approximate surface area is 75.4 Å². The predicted molar refractivity (Wildman–Crippen MR) is 52.7 cm³/mol. The summed E-state index contributed by atoms with van der Waals surface area (Å²) in [6, 6.07) is 4.23. The molecule has 0 aliphatic carbocycles. The molecule has 0 nitrogen and oxygen atoms in total. The van der Waals surface area contributed by atoms with Gasteiger partial charge in [0, 0.05) is 4.88 Å². The zero-order chi connectivity index (χ0) is 7.98. The minimum absolute atomic E-state index is 1.15. The van der Waals surface area contributed by atoms with Crippen LogP contribution in [0, 0.1) is 0 Å². The SMILES string of the molecule is CC.CCc1ccc(Br)s1. The standard InChI is InChI=1S/C6H7BrS.C2H6/c1-2-5-3-4-6(7)8-5;1-2/h3-4H,2H2,1H3;1-2H3. The van der Waals surface area contributed by atoms with Gasteiger partial charge in [-0.3, -0.25) is 0 Å². The Kier molecular flexibility index (Phi) is 6.03. The Morgan fingerprint density at radius 1 is 1.40 bits per heavy atom. The number of aryl methyl sites for hydroxylation is 1. The molecule has 1 rings (SSSR count). The summed E-state index contributed by atoms with van der Waals surface area (Å²) in [5.41, 5.74) is 0. The fourth-order valence-corrected chi connectivity index (χ4v) is 1.96. The number of rotatable bonds is 1. The lowest BCUT2D eigenvalue weighted by atomic mass is 10.4. The van der Waals surface area contributed by atoms with E-state index in [2.05, 4.69) is 35.0 Å². The van der Waals surface area contributed by atoms with Crippen LogP contribution in [-0.4, -0.2) is 0 Å². The van der Waals surface area contributed by atoms with E-state index in [1.807, 2.05) is 13.8 Å². The molecule has 58 valence electrons. The molecule has 1 heterocycles. The molecule has 0 bridgehead atoms. The summed E-state index contributed by atoms with van der Waals surface area (Å²) in [6.07, 6.45) is 1.15. The van der Waals surface area contributed by atoms with E-state index < -0.39 is 0 Å². The van der Waals surface area contributed by atoms with E-state index in [9.17, 15) is 0 Å². The van der Waals surface area contributed by atoms with Crippen molar-refractivity contribution in [3.63, 3.8) is 0 Å². The van der Waals surface area contributed by atoms with Crippen molar-refractivity contribution in [2.75, 3.05) is 0 Å². The van der Waals surface area contributed by atoms with Crippen molar-refractivity contribution in [2.24, 2.45) is 0 Å². The van der Waals surface area contributed by atoms with E-state index in [4.69, 9.17) is 0 Å². The summed E-state index contributed by atoms with van der Waals surface area (Å²) >= 11 is 5.20. The maximum Gasteiger partial charge on any atom is 0.0701 e. The highest BCUT2D eigenvalue weighted by atomic mass is 79.9. The van der Waals surface area contributed by atoms with Gasteiger partial charge < -0.3 is 0 Å². The van der Waals surface area contributed by atoms with Gasteiger partial charge in [-0.05, 0) is 34.5 Å². The van der Waals surface area contributed by atoms with E-state index in [1.165, 1.54) is 8.66 Å². The quantitative estimate of drug-likeness (QED) is 0.669. The summed E-state index contributed by atoms with van der Waals surface area (Å²) in [4.78, 5) is 1.44. The second kappa shape index (κ2) is 5.93. The lowest BCUT2D eigenvalue weighted by molar-refractivity contribution is 1.19.